The molecule has 0 amide bonds. The molecule has 0 aromatic heterocycles. The highest BCUT2D eigenvalue weighted by Gasteiger charge is 2.09. The lowest BCUT2D eigenvalue weighted by Crippen LogP contribution is -1.93. The van der Waals surface area contributed by atoms with Crippen molar-refractivity contribution in [1.29, 1.82) is 0 Å². The topological polar surface area (TPSA) is 74.6 Å². The van der Waals surface area contributed by atoms with Gasteiger partial charge in [-0.15, -0.1) is 0 Å². The van der Waals surface area contributed by atoms with E-state index in [1.165, 1.54) is 75.7 Å². The summed E-state index contributed by atoms with van der Waals surface area (Å²) in [5, 5.41) is 17.3. The van der Waals surface area contributed by atoms with Gasteiger partial charge in [-0.1, -0.05) is 94.5 Å². The summed E-state index contributed by atoms with van der Waals surface area (Å²) in [6.45, 7) is 4.28. The maximum absolute atomic E-state index is 10.7. The Labute approximate surface area is 210 Å². The first kappa shape index (κ1) is 30.0. The van der Waals surface area contributed by atoms with Crippen molar-refractivity contribution in [1.82, 2.24) is 0 Å². The average molecular weight is 489 g/mol. The third-order valence-electron chi connectivity index (χ3n) is 5.83. The number of rotatable bonds is 17. The minimum Gasteiger partial charge on any atom is -0.481 e. The average Bonchev–Trinajstić information content (AvgIpc) is 3.14. The van der Waals surface area contributed by atoms with Crippen molar-refractivity contribution in [3.8, 4) is 11.1 Å². The van der Waals surface area contributed by atoms with E-state index in [1.807, 2.05) is 31.2 Å². The van der Waals surface area contributed by atoms with Crippen LogP contribution in [0.3, 0.4) is 0 Å². The van der Waals surface area contributed by atoms with Crippen LogP contribution in [0.4, 0.5) is 0 Å². The minimum atomic E-state index is -0.874. The van der Waals surface area contributed by atoms with Crippen LogP contribution in [-0.4, -0.2) is 33.7 Å². The molecular formula is C29H44O4S. The molecule has 0 aromatic carbocycles. The summed E-state index contributed by atoms with van der Waals surface area (Å²) >= 11 is 2.10. The van der Waals surface area contributed by atoms with Crippen molar-refractivity contribution >= 4 is 23.7 Å². The first-order chi connectivity index (χ1) is 16.4. The Morgan fingerprint density at radius 2 is 1.18 bits per heavy atom. The zero-order valence-corrected chi connectivity index (χ0v) is 22.0. The molecule has 0 unspecified atom stereocenters. The largest absolute Gasteiger partial charge is 0.481 e. The summed E-state index contributed by atoms with van der Waals surface area (Å²) in [5.41, 5.74) is 3.45. The fraction of sp³-hybridized carbons (Fsp3) is 0.586. The Kier molecular flexibility index (Phi) is 17.1. The van der Waals surface area contributed by atoms with Crippen molar-refractivity contribution < 1.29 is 19.8 Å². The molecule has 2 N–H and O–H groups in total. The molecule has 5 heteroatoms. The van der Waals surface area contributed by atoms with E-state index in [2.05, 4.69) is 18.7 Å². The Hall–Kier alpha value is -2.01. The number of hydrogen-bond acceptors (Lipinski definition) is 3. The molecular weight excluding hydrogens is 444 g/mol. The molecule has 0 atom stereocenters. The second-order valence-electron chi connectivity index (χ2n) is 9.02. The highest BCUT2D eigenvalue weighted by molar-refractivity contribution is 7.99. The number of fused-ring (bicyclic) bond motifs is 1. The van der Waals surface area contributed by atoms with Gasteiger partial charge in [0.15, 0.2) is 0 Å². The minimum absolute atomic E-state index is 0.340. The van der Waals surface area contributed by atoms with Crippen LogP contribution in [0.25, 0.3) is 11.1 Å². The summed E-state index contributed by atoms with van der Waals surface area (Å²) in [6, 6.07) is 11.2. The van der Waals surface area contributed by atoms with Crippen molar-refractivity contribution in [2.45, 2.75) is 97.3 Å². The Bertz CT molecular complexity index is 756. The summed E-state index contributed by atoms with van der Waals surface area (Å²) < 4.78 is 0. The van der Waals surface area contributed by atoms with Gasteiger partial charge in [0.1, 0.15) is 0 Å². The highest BCUT2D eigenvalue weighted by Crippen LogP contribution is 2.25. The molecule has 0 heterocycles. The summed E-state index contributed by atoms with van der Waals surface area (Å²) in [6.07, 6.45) is 15.8. The second kappa shape index (κ2) is 19.3. The third kappa shape index (κ3) is 15.0. The van der Waals surface area contributed by atoms with Crippen molar-refractivity contribution in [3.05, 3.63) is 47.5 Å². The normalized spacial score (nSPS) is 10.6. The molecule has 0 aliphatic heterocycles. The third-order valence-corrected chi connectivity index (χ3v) is 6.98. The highest BCUT2D eigenvalue weighted by atomic mass is 32.2. The molecule has 2 aliphatic rings. The lowest BCUT2D eigenvalue weighted by atomic mass is 10.1. The van der Waals surface area contributed by atoms with Gasteiger partial charge >= 0.3 is 11.9 Å². The van der Waals surface area contributed by atoms with Gasteiger partial charge < -0.3 is 10.2 Å². The van der Waals surface area contributed by atoms with Crippen molar-refractivity contribution in [3.63, 3.8) is 0 Å². The van der Waals surface area contributed by atoms with E-state index < -0.39 is 11.9 Å². The van der Waals surface area contributed by atoms with Gasteiger partial charge in [0.25, 0.3) is 0 Å². The van der Waals surface area contributed by atoms with E-state index >= 15 is 0 Å². The molecule has 190 valence electrons. The van der Waals surface area contributed by atoms with E-state index in [0.29, 0.717) is 12.0 Å². The monoisotopic (exact) mass is 488 g/mol. The van der Waals surface area contributed by atoms with Crippen LogP contribution in [-0.2, 0) is 4.79 Å². The molecule has 2 rings (SSSR count). The summed E-state index contributed by atoms with van der Waals surface area (Å²) in [7, 11) is 0. The lowest BCUT2D eigenvalue weighted by Gasteiger charge is -2.03. The quantitative estimate of drug-likeness (QED) is 0.218. The second-order valence-corrected chi connectivity index (χ2v) is 10.2. The van der Waals surface area contributed by atoms with Crippen LogP contribution in [0.5, 0.6) is 0 Å². The van der Waals surface area contributed by atoms with Gasteiger partial charge in [0, 0.05) is 6.42 Å². The summed E-state index contributed by atoms with van der Waals surface area (Å²) in [5.74, 6) is 1.08. The van der Waals surface area contributed by atoms with Crippen LogP contribution in [0.15, 0.2) is 36.4 Å². The Morgan fingerprint density at radius 3 is 1.65 bits per heavy atom. The van der Waals surface area contributed by atoms with Gasteiger partial charge in [-0.05, 0) is 61.0 Å². The van der Waals surface area contributed by atoms with E-state index in [4.69, 9.17) is 10.2 Å². The van der Waals surface area contributed by atoms with Crippen molar-refractivity contribution in [2.75, 3.05) is 11.5 Å². The lowest BCUT2D eigenvalue weighted by molar-refractivity contribution is -0.137. The standard InChI is InChI=1S/C17H34O2S.C12H10O2/c1-2-3-4-5-6-9-12-15-20-16-13-10-7-8-11-14-17(18)19;1-8-2-4-9-6-11(12(13)14)7-10(9)5-3-8/h2-16H2,1H3,(H,18,19);2-7H,1H3,(H,13,14). The van der Waals surface area contributed by atoms with Crippen LogP contribution in [0, 0.1) is 6.92 Å². The molecule has 0 saturated heterocycles. The molecule has 34 heavy (non-hydrogen) atoms. The van der Waals surface area contributed by atoms with E-state index in [-0.39, 0.29) is 0 Å². The number of aryl methyl sites for hydroxylation is 1. The van der Waals surface area contributed by atoms with Crippen LogP contribution in [0.2, 0.25) is 0 Å². The van der Waals surface area contributed by atoms with Gasteiger partial charge in [-0.3, -0.25) is 4.79 Å². The Balaban J connectivity index is 0.000000358. The Morgan fingerprint density at radius 1 is 0.706 bits per heavy atom. The number of carboxylic acids is 2. The molecule has 0 bridgehead atoms. The smallest absolute Gasteiger partial charge is 0.335 e. The fourth-order valence-corrected chi connectivity index (χ4v) is 4.75. The number of hydrogen-bond donors (Lipinski definition) is 2. The van der Waals surface area contributed by atoms with Gasteiger partial charge in [0.2, 0.25) is 0 Å². The predicted molar refractivity (Wildman–Crippen MR) is 145 cm³/mol. The van der Waals surface area contributed by atoms with Crippen molar-refractivity contribution in [2.24, 2.45) is 0 Å². The first-order valence-electron chi connectivity index (χ1n) is 13.0. The van der Waals surface area contributed by atoms with E-state index in [1.54, 1.807) is 12.1 Å². The van der Waals surface area contributed by atoms with E-state index in [9.17, 15) is 9.59 Å². The fourth-order valence-electron chi connectivity index (χ4n) is 3.73. The number of aliphatic carboxylic acids is 1. The van der Waals surface area contributed by atoms with Crippen LogP contribution >= 0.6 is 11.8 Å². The molecule has 0 radical (unpaired) electrons. The number of carbonyl (C=O) groups is 2. The SMILES string of the molecule is CCCCCCCCCSCCCCCCCC(=O)O.Cc1ccc2cc(C(=O)O)cc-2cc1. The molecule has 4 nitrogen and oxygen atoms in total. The molecule has 2 aliphatic carbocycles. The summed E-state index contributed by atoms with van der Waals surface area (Å²) in [4.78, 5) is 21.0. The van der Waals surface area contributed by atoms with Gasteiger partial charge in [-0.2, -0.15) is 11.8 Å². The maximum Gasteiger partial charge on any atom is 0.335 e. The van der Waals surface area contributed by atoms with Crippen LogP contribution in [0.1, 0.15) is 106 Å². The first-order valence-corrected chi connectivity index (χ1v) is 14.1. The zero-order chi connectivity index (χ0) is 25.0. The number of carboxylic acid groups (broad SMARTS) is 2. The predicted octanol–water partition coefficient (Wildman–Crippen LogP) is 8.69. The van der Waals surface area contributed by atoms with Crippen LogP contribution < -0.4 is 0 Å². The van der Waals surface area contributed by atoms with Gasteiger partial charge in [0.05, 0.1) is 5.56 Å². The molecule has 0 spiro atoms. The zero-order valence-electron chi connectivity index (χ0n) is 21.2. The molecule has 0 aromatic rings. The maximum atomic E-state index is 10.7. The number of unbranched alkanes of at least 4 members (excludes halogenated alkanes) is 10. The van der Waals surface area contributed by atoms with Gasteiger partial charge in [-0.25, -0.2) is 4.79 Å². The number of aromatic carboxylic acids is 1. The number of thioether (sulfide) groups is 1. The molecule has 0 saturated carbocycles. The van der Waals surface area contributed by atoms with E-state index in [0.717, 1.165) is 29.5 Å². The molecule has 0 fully saturated rings.